The Labute approximate surface area is 101 Å². The summed E-state index contributed by atoms with van der Waals surface area (Å²) in [5.74, 6) is 1.89. The Morgan fingerprint density at radius 3 is 2.38 bits per heavy atom. The van der Waals surface area contributed by atoms with Gasteiger partial charge in [-0.15, -0.1) is 0 Å². The highest BCUT2D eigenvalue weighted by molar-refractivity contribution is 4.66. The van der Waals surface area contributed by atoms with E-state index in [1.165, 1.54) is 0 Å². The van der Waals surface area contributed by atoms with Gasteiger partial charge in [-0.1, -0.05) is 27.7 Å². The molecule has 0 heterocycles. The SMILES string of the molecule is CC(C)COCCCNCC(CN)C(C)C. The van der Waals surface area contributed by atoms with E-state index in [9.17, 15) is 0 Å². The van der Waals surface area contributed by atoms with Crippen molar-refractivity contribution < 1.29 is 4.74 Å². The Bertz CT molecular complexity index is 149. The van der Waals surface area contributed by atoms with Crippen LogP contribution >= 0.6 is 0 Å². The summed E-state index contributed by atoms with van der Waals surface area (Å²) < 4.78 is 5.51. The fraction of sp³-hybridized carbons (Fsp3) is 1.00. The molecule has 0 bridgehead atoms. The summed E-state index contributed by atoms with van der Waals surface area (Å²) in [5, 5.41) is 3.45. The summed E-state index contributed by atoms with van der Waals surface area (Å²) in [7, 11) is 0. The minimum atomic E-state index is 0.594. The monoisotopic (exact) mass is 230 g/mol. The Kier molecular flexibility index (Phi) is 9.99. The molecule has 0 aromatic carbocycles. The molecule has 1 atom stereocenters. The standard InChI is InChI=1S/C13H30N2O/c1-11(2)10-16-7-5-6-15-9-13(8-14)12(3)4/h11-13,15H,5-10,14H2,1-4H3. The molecule has 0 saturated heterocycles. The fourth-order valence-electron chi connectivity index (χ4n) is 1.50. The van der Waals surface area contributed by atoms with E-state index in [-0.39, 0.29) is 0 Å². The number of rotatable bonds is 10. The van der Waals surface area contributed by atoms with Crippen LogP contribution in [-0.4, -0.2) is 32.8 Å². The molecule has 0 amide bonds. The highest BCUT2D eigenvalue weighted by Crippen LogP contribution is 2.07. The number of hydrogen-bond donors (Lipinski definition) is 2. The van der Waals surface area contributed by atoms with E-state index in [2.05, 4.69) is 33.0 Å². The van der Waals surface area contributed by atoms with Crippen molar-refractivity contribution in [1.29, 1.82) is 0 Å². The Morgan fingerprint density at radius 2 is 1.88 bits per heavy atom. The quantitative estimate of drug-likeness (QED) is 0.563. The molecular formula is C13H30N2O. The van der Waals surface area contributed by atoms with Crippen molar-refractivity contribution in [2.45, 2.75) is 34.1 Å². The molecule has 0 spiro atoms. The van der Waals surface area contributed by atoms with Crippen LogP contribution in [0.2, 0.25) is 0 Å². The zero-order valence-electron chi connectivity index (χ0n) is 11.5. The molecule has 98 valence electrons. The maximum absolute atomic E-state index is 5.70. The number of ether oxygens (including phenoxy) is 1. The molecular weight excluding hydrogens is 200 g/mol. The van der Waals surface area contributed by atoms with Gasteiger partial charge < -0.3 is 15.8 Å². The second-order valence-corrected chi connectivity index (χ2v) is 5.27. The molecule has 0 aliphatic heterocycles. The zero-order valence-corrected chi connectivity index (χ0v) is 11.5. The number of nitrogens with one attached hydrogen (secondary N) is 1. The van der Waals surface area contributed by atoms with Gasteiger partial charge in [-0.2, -0.15) is 0 Å². The summed E-state index contributed by atoms with van der Waals surface area (Å²) in [6.45, 7) is 13.4. The topological polar surface area (TPSA) is 47.3 Å². The molecule has 16 heavy (non-hydrogen) atoms. The maximum atomic E-state index is 5.70. The second-order valence-electron chi connectivity index (χ2n) is 5.27. The molecule has 3 N–H and O–H groups in total. The Morgan fingerprint density at radius 1 is 1.19 bits per heavy atom. The van der Waals surface area contributed by atoms with Gasteiger partial charge in [0.25, 0.3) is 0 Å². The van der Waals surface area contributed by atoms with Crippen LogP contribution in [0.3, 0.4) is 0 Å². The van der Waals surface area contributed by atoms with Crippen LogP contribution in [0.1, 0.15) is 34.1 Å². The molecule has 0 rings (SSSR count). The van der Waals surface area contributed by atoms with Crippen molar-refractivity contribution in [3.63, 3.8) is 0 Å². The van der Waals surface area contributed by atoms with Gasteiger partial charge in [-0.25, -0.2) is 0 Å². The summed E-state index contributed by atoms with van der Waals surface area (Å²) in [5.41, 5.74) is 5.70. The van der Waals surface area contributed by atoms with Crippen LogP contribution in [0.25, 0.3) is 0 Å². The van der Waals surface area contributed by atoms with E-state index in [4.69, 9.17) is 10.5 Å². The average Bonchev–Trinajstić information content (AvgIpc) is 2.21. The first-order valence-electron chi connectivity index (χ1n) is 6.56. The normalized spacial score (nSPS) is 13.7. The fourth-order valence-corrected chi connectivity index (χ4v) is 1.50. The largest absolute Gasteiger partial charge is 0.381 e. The third-order valence-corrected chi connectivity index (χ3v) is 2.75. The first-order chi connectivity index (χ1) is 7.57. The van der Waals surface area contributed by atoms with Gasteiger partial charge in [0, 0.05) is 13.2 Å². The predicted molar refractivity (Wildman–Crippen MR) is 70.5 cm³/mol. The lowest BCUT2D eigenvalue weighted by molar-refractivity contribution is 0.107. The van der Waals surface area contributed by atoms with E-state index in [1.807, 2.05) is 0 Å². The molecule has 0 aromatic heterocycles. The second kappa shape index (κ2) is 10.1. The molecule has 3 nitrogen and oxygen atoms in total. The minimum Gasteiger partial charge on any atom is -0.381 e. The van der Waals surface area contributed by atoms with Crippen molar-refractivity contribution in [2.24, 2.45) is 23.5 Å². The van der Waals surface area contributed by atoms with E-state index in [1.54, 1.807) is 0 Å². The third kappa shape index (κ3) is 9.13. The first kappa shape index (κ1) is 15.9. The smallest absolute Gasteiger partial charge is 0.0489 e. The number of nitrogens with two attached hydrogens (primary N) is 1. The molecule has 0 aliphatic rings. The average molecular weight is 230 g/mol. The van der Waals surface area contributed by atoms with E-state index in [0.717, 1.165) is 39.3 Å². The van der Waals surface area contributed by atoms with Crippen LogP contribution in [0, 0.1) is 17.8 Å². The van der Waals surface area contributed by atoms with Crippen LogP contribution in [-0.2, 0) is 4.74 Å². The van der Waals surface area contributed by atoms with Gasteiger partial charge in [0.1, 0.15) is 0 Å². The van der Waals surface area contributed by atoms with E-state index in [0.29, 0.717) is 17.8 Å². The van der Waals surface area contributed by atoms with E-state index >= 15 is 0 Å². The van der Waals surface area contributed by atoms with Gasteiger partial charge in [0.2, 0.25) is 0 Å². The summed E-state index contributed by atoms with van der Waals surface area (Å²) in [6, 6.07) is 0. The Balaban J connectivity index is 3.26. The first-order valence-corrected chi connectivity index (χ1v) is 6.56. The van der Waals surface area contributed by atoms with Gasteiger partial charge in [0.05, 0.1) is 0 Å². The van der Waals surface area contributed by atoms with Crippen LogP contribution in [0.5, 0.6) is 0 Å². The molecule has 0 aliphatic carbocycles. The summed E-state index contributed by atoms with van der Waals surface area (Å²) >= 11 is 0. The molecule has 3 heteroatoms. The molecule has 0 radical (unpaired) electrons. The maximum Gasteiger partial charge on any atom is 0.0489 e. The third-order valence-electron chi connectivity index (χ3n) is 2.75. The lowest BCUT2D eigenvalue weighted by atomic mass is 9.96. The summed E-state index contributed by atoms with van der Waals surface area (Å²) in [6.07, 6.45) is 1.09. The highest BCUT2D eigenvalue weighted by Gasteiger charge is 2.09. The van der Waals surface area contributed by atoms with Crippen LogP contribution in [0.15, 0.2) is 0 Å². The van der Waals surface area contributed by atoms with Crippen molar-refractivity contribution in [2.75, 3.05) is 32.8 Å². The molecule has 0 aromatic rings. The van der Waals surface area contributed by atoms with Gasteiger partial charge in [-0.05, 0) is 43.8 Å². The zero-order chi connectivity index (χ0) is 12.4. The van der Waals surface area contributed by atoms with Crippen molar-refractivity contribution in [1.82, 2.24) is 5.32 Å². The van der Waals surface area contributed by atoms with Crippen molar-refractivity contribution in [3.8, 4) is 0 Å². The molecule has 1 unspecified atom stereocenters. The van der Waals surface area contributed by atoms with Crippen molar-refractivity contribution in [3.05, 3.63) is 0 Å². The van der Waals surface area contributed by atoms with Crippen LogP contribution < -0.4 is 11.1 Å². The highest BCUT2D eigenvalue weighted by atomic mass is 16.5. The lowest BCUT2D eigenvalue weighted by Crippen LogP contribution is -2.32. The number of hydrogen-bond acceptors (Lipinski definition) is 3. The molecule has 0 fully saturated rings. The van der Waals surface area contributed by atoms with Gasteiger partial charge >= 0.3 is 0 Å². The van der Waals surface area contributed by atoms with Crippen molar-refractivity contribution >= 4 is 0 Å². The van der Waals surface area contributed by atoms with Gasteiger partial charge in [0.15, 0.2) is 0 Å². The Hall–Kier alpha value is -0.120. The minimum absolute atomic E-state index is 0.594. The van der Waals surface area contributed by atoms with Crippen LogP contribution in [0.4, 0.5) is 0 Å². The van der Waals surface area contributed by atoms with E-state index < -0.39 is 0 Å². The van der Waals surface area contributed by atoms with Gasteiger partial charge in [-0.3, -0.25) is 0 Å². The predicted octanol–water partition coefficient (Wildman–Crippen LogP) is 1.87. The summed E-state index contributed by atoms with van der Waals surface area (Å²) in [4.78, 5) is 0. The lowest BCUT2D eigenvalue weighted by Gasteiger charge is -2.19. The molecule has 0 saturated carbocycles.